The zero-order chi connectivity index (χ0) is 21.0. The zero-order valence-corrected chi connectivity index (χ0v) is 17.6. The number of carbonyl (C=O) groups excluding carboxylic acids is 2. The van der Waals surface area contributed by atoms with Crippen LogP contribution in [-0.2, 0) is 4.79 Å². The van der Waals surface area contributed by atoms with E-state index in [9.17, 15) is 9.59 Å². The Morgan fingerprint density at radius 1 is 1.17 bits per heavy atom. The van der Waals surface area contributed by atoms with Crippen molar-refractivity contribution in [2.75, 3.05) is 14.2 Å². The molecule has 1 aliphatic rings. The topological polar surface area (TPSA) is 89.0 Å². The molecule has 10 heteroatoms. The number of hydrogen-bond donors (Lipinski definition) is 2. The first-order valence-electron chi connectivity index (χ1n) is 8.17. The fraction of sp³-hybridized carbons (Fsp3) is 0.105. The average molecular weight is 452 g/mol. The minimum Gasteiger partial charge on any atom is -0.497 e. The summed E-state index contributed by atoms with van der Waals surface area (Å²) < 4.78 is 10.5. The van der Waals surface area contributed by atoms with Gasteiger partial charge in [-0.1, -0.05) is 23.2 Å². The van der Waals surface area contributed by atoms with E-state index in [2.05, 4.69) is 15.8 Å². The molecule has 7 nitrogen and oxygen atoms in total. The predicted molar refractivity (Wildman–Crippen MR) is 115 cm³/mol. The molecule has 2 N–H and O–H groups in total. The largest absolute Gasteiger partial charge is 0.497 e. The summed E-state index contributed by atoms with van der Waals surface area (Å²) in [5.41, 5.74) is 3.24. The molecule has 0 saturated carbocycles. The van der Waals surface area contributed by atoms with Crippen LogP contribution in [0.4, 0.5) is 0 Å². The number of nitrogens with zero attached hydrogens (tertiary/aromatic N) is 1. The average Bonchev–Trinajstić information content (AvgIpc) is 3.05. The third-order valence-corrected chi connectivity index (χ3v) is 5.27. The van der Waals surface area contributed by atoms with Crippen LogP contribution in [0.15, 0.2) is 46.4 Å². The van der Waals surface area contributed by atoms with Crippen molar-refractivity contribution in [3.8, 4) is 11.5 Å². The van der Waals surface area contributed by atoms with Crippen LogP contribution in [0.5, 0.6) is 11.5 Å². The van der Waals surface area contributed by atoms with Crippen molar-refractivity contribution in [1.29, 1.82) is 0 Å². The maximum Gasteiger partial charge on any atom is 0.272 e. The highest BCUT2D eigenvalue weighted by molar-refractivity contribution is 8.18. The Kier molecular flexibility index (Phi) is 6.68. The van der Waals surface area contributed by atoms with Gasteiger partial charge in [0.15, 0.2) is 5.17 Å². The molecule has 0 atom stereocenters. The summed E-state index contributed by atoms with van der Waals surface area (Å²) in [4.78, 5) is 24.9. The number of halogens is 2. The van der Waals surface area contributed by atoms with Crippen LogP contribution < -0.4 is 20.2 Å². The first-order chi connectivity index (χ1) is 13.9. The molecule has 0 spiro atoms. The Bertz CT molecular complexity index is 1040. The van der Waals surface area contributed by atoms with Crippen molar-refractivity contribution >= 4 is 58.0 Å². The van der Waals surface area contributed by atoms with Crippen molar-refractivity contribution in [1.82, 2.24) is 10.7 Å². The molecular formula is C19H15Cl2N3O4S. The van der Waals surface area contributed by atoms with E-state index >= 15 is 0 Å². The SMILES string of the molecule is COc1ccc(OC)c(C=C2SC(=NNC(=O)c3ccc(Cl)cc3Cl)NC2=O)c1. The standard InChI is InChI=1S/C19H15Cl2N3O4S/c1-27-12-4-6-15(28-2)10(7-12)8-16-18(26)22-19(29-16)24-23-17(25)13-5-3-11(20)9-14(13)21/h3-9H,1-2H3,(H,23,25)(H,22,24,26). The van der Waals surface area contributed by atoms with Gasteiger partial charge in [0.2, 0.25) is 0 Å². The molecule has 1 saturated heterocycles. The van der Waals surface area contributed by atoms with Crippen molar-refractivity contribution in [2.45, 2.75) is 0 Å². The van der Waals surface area contributed by atoms with E-state index < -0.39 is 5.91 Å². The molecule has 0 aromatic heterocycles. The lowest BCUT2D eigenvalue weighted by Crippen LogP contribution is -2.25. The number of amides is 2. The highest BCUT2D eigenvalue weighted by Crippen LogP contribution is 2.31. The number of nitrogens with one attached hydrogen (secondary N) is 2. The van der Waals surface area contributed by atoms with E-state index in [-0.39, 0.29) is 21.7 Å². The molecule has 0 bridgehead atoms. The van der Waals surface area contributed by atoms with Crippen molar-refractivity contribution in [2.24, 2.45) is 5.10 Å². The van der Waals surface area contributed by atoms with Crippen LogP contribution in [-0.4, -0.2) is 31.2 Å². The lowest BCUT2D eigenvalue weighted by molar-refractivity contribution is -0.115. The summed E-state index contributed by atoms with van der Waals surface area (Å²) >= 11 is 12.9. The molecule has 0 radical (unpaired) electrons. The molecule has 2 amide bonds. The van der Waals surface area contributed by atoms with E-state index in [1.54, 1.807) is 37.5 Å². The predicted octanol–water partition coefficient (Wildman–Crippen LogP) is 3.92. The lowest BCUT2D eigenvalue weighted by atomic mass is 10.1. The van der Waals surface area contributed by atoms with E-state index in [0.29, 0.717) is 27.0 Å². The molecule has 1 heterocycles. The number of carbonyl (C=O) groups is 2. The highest BCUT2D eigenvalue weighted by atomic mass is 35.5. The van der Waals surface area contributed by atoms with E-state index in [1.165, 1.54) is 19.2 Å². The van der Waals surface area contributed by atoms with Gasteiger partial charge in [-0.3, -0.25) is 14.9 Å². The van der Waals surface area contributed by atoms with Gasteiger partial charge in [0.25, 0.3) is 11.8 Å². The Balaban J connectivity index is 1.76. The number of amidine groups is 1. The molecule has 1 fully saturated rings. The lowest BCUT2D eigenvalue weighted by Gasteiger charge is -2.07. The second-order valence-corrected chi connectivity index (χ2v) is 7.53. The number of benzene rings is 2. The smallest absolute Gasteiger partial charge is 0.272 e. The minimum atomic E-state index is -0.527. The zero-order valence-electron chi connectivity index (χ0n) is 15.3. The first kappa shape index (κ1) is 21.0. The number of rotatable bonds is 5. The quantitative estimate of drug-likeness (QED) is 0.531. The van der Waals surface area contributed by atoms with E-state index in [1.807, 2.05) is 0 Å². The molecule has 29 heavy (non-hydrogen) atoms. The summed E-state index contributed by atoms with van der Waals surface area (Å²) in [5, 5.41) is 7.36. The summed E-state index contributed by atoms with van der Waals surface area (Å²) in [6.45, 7) is 0. The normalized spacial score (nSPS) is 16.1. The Morgan fingerprint density at radius 3 is 2.66 bits per heavy atom. The van der Waals surface area contributed by atoms with Crippen molar-refractivity contribution in [3.63, 3.8) is 0 Å². The number of thioether (sulfide) groups is 1. The van der Waals surface area contributed by atoms with Gasteiger partial charge in [-0.2, -0.15) is 0 Å². The summed E-state index contributed by atoms with van der Waals surface area (Å²) in [7, 11) is 3.09. The number of ether oxygens (including phenoxy) is 2. The monoisotopic (exact) mass is 451 g/mol. The van der Waals surface area contributed by atoms with Gasteiger partial charge >= 0.3 is 0 Å². The van der Waals surface area contributed by atoms with Crippen LogP contribution in [0.1, 0.15) is 15.9 Å². The second kappa shape index (κ2) is 9.21. The fourth-order valence-corrected chi connectivity index (χ4v) is 3.68. The number of hydrazone groups is 1. The van der Waals surface area contributed by atoms with Crippen LogP contribution in [0.2, 0.25) is 10.0 Å². The third kappa shape index (κ3) is 5.03. The second-order valence-electron chi connectivity index (χ2n) is 5.65. The van der Waals surface area contributed by atoms with Crippen LogP contribution >= 0.6 is 35.0 Å². The first-order valence-corrected chi connectivity index (χ1v) is 9.74. The van der Waals surface area contributed by atoms with Crippen LogP contribution in [0.3, 0.4) is 0 Å². The molecule has 0 aliphatic carbocycles. The van der Waals surface area contributed by atoms with E-state index in [4.69, 9.17) is 32.7 Å². The molecule has 1 aliphatic heterocycles. The molecule has 150 valence electrons. The maximum absolute atomic E-state index is 12.2. The van der Waals surface area contributed by atoms with Gasteiger partial charge in [-0.15, -0.1) is 5.10 Å². The van der Waals surface area contributed by atoms with Crippen LogP contribution in [0, 0.1) is 0 Å². The third-order valence-electron chi connectivity index (χ3n) is 3.81. The van der Waals surface area contributed by atoms with Crippen molar-refractivity contribution < 1.29 is 19.1 Å². The summed E-state index contributed by atoms with van der Waals surface area (Å²) in [6.07, 6.45) is 1.65. The van der Waals surface area contributed by atoms with Gasteiger partial charge in [-0.05, 0) is 54.2 Å². The Labute approximate surface area is 181 Å². The van der Waals surface area contributed by atoms with Gasteiger partial charge in [0, 0.05) is 10.6 Å². The maximum atomic E-state index is 12.2. The number of methoxy groups -OCH3 is 2. The van der Waals surface area contributed by atoms with Gasteiger partial charge in [0.1, 0.15) is 11.5 Å². The molecule has 3 rings (SSSR count). The van der Waals surface area contributed by atoms with Crippen LogP contribution in [0.25, 0.3) is 6.08 Å². The Hall–Kier alpha value is -2.68. The summed E-state index contributed by atoms with van der Waals surface area (Å²) in [6, 6.07) is 9.74. The summed E-state index contributed by atoms with van der Waals surface area (Å²) in [5.74, 6) is 0.336. The molecular weight excluding hydrogens is 437 g/mol. The van der Waals surface area contributed by atoms with Gasteiger partial charge in [-0.25, -0.2) is 5.43 Å². The minimum absolute atomic E-state index is 0.198. The Morgan fingerprint density at radius 2 is 1.97 bits per heavy atom. The highest BCUT2D eigenvalue weighted by Gasteiger charge is 2.25. The number of hydrogen-bond acceptors (Lipinski definition) is 6. The van der Waals surface area contributed by atoms with Gasteiger partial charge < -0.3 is 9.47 Å². The fourth-order valence-electron chi connectivity index (χ4n) is 2.41. The van der Waals surface area contributed by atoms with Crippen molar-refractivity contribution in [3.05, 3.63) is 62.5 Å². The van der Waals surface area contributed by atoms with Gasteiger partial charge in [0.05, 0.1) is 29.7 Å². The van der Waals surface area contributed by atoms with E-state index in [0.717, 1.165) is 11.8 Å². The molecule has 2 aromatic rings. The molecule has 0 unspecified atom stereocenters. The molecule has 2 aromatic carbocycles.